The maximum Gasteiger partial charge on any atom is 0.0628 e. The zero-order chi connectivity index (χ0) is 10.9. The highest BCUT2D eigenvalue weighted by Crippen LogP contribution is 2.09. The van der Waals surface area contributed by atoms with Crippen molar-refractivity contribution in [2.75, 3.05) is 5.75 Å². The highest BCUT2D eigenvalue weighted by Gasteiger charge is 2.00. The topological polar surface area (TPSA) is 20.2 Å². The van der Waals surface area contributed by atoms with Crippen molar-refractivity contribution >= 4 is 12.6 Å². The number of aliphatic hydroxyl groups is 1. The smallest absolute Gasteiger partial charge is 0.0628 e. The minimum absolute atomic E-state index is 0.218. The van der Waals surface area contributed by atoms with E-state index in [0.29, 0.717) is 5.75 Å². The number of aliphatic hydroxyl groups excluding tert-OH is 1. The van der Waals surface area contributed by atoms with Crippen LogP contribution in [0.2, 0.25) is 0 Å². The fraction of sp³-hybridized carbons (Fsp3) is 0.538. The van der Waals surface area contributed by atoms with Gasteiger partial charge in [0.1, 0.15) is 0 Å². The lowest BCUT2D eigenvalue weighted by atomic mass is 10.1. The molecule has 1 N–H and O–H groups in total. The molecule has 1 rings (SSSR count). The summed E-state index contributed by atoms with van der Waals surface area (Å²) in [4.78, 5) is 0. The van der Waals surface area contributed by atoms with Crippen LogP contribution in [0, 0.1) is 0 Å². The molecule has 0 saturated carbocycles. The first kappa shape index (κ1) is 12.6. The Morgan fingerprint density at radius 1 is 1.07 bits per heavy atom. The van der Waals surface area contributed by atoms with Crippen LogP contribution in [-0.4, -0.2) is 17.0 Å². The van der Waals surface area contributed by atoms with E-state index in [9.17, 15) is 5.11 Å². The van der Waals surface area contributed by atoms with Gasteiger partial charge in [-0.2, -0.15) is 12.6 Å². The molecule has 1 aromatic carbocycles. The summed E-state index contributed by atoms with van der Waals surface area (Å²) >= 11 is 4.05. The minimum Gasteiger partial charge on any atom is -0.392 e. The van der Waals surface area contributed by atoms with Crippen molar-refractivity contribution in [3.05, 3.63) is 35.9 Å². The van der Waals surface area contributed by atoms with Crippen LogP contribution in [0.5, 0.6) is 0 Å². The van der Waals surface area contributed by atoms with E-state index in [0.717, 1.165) is 19.3 Å². The second kappa shape index (κ2) is 7.77. The summed E-state index contributed by atoms with van der Waals surface area (Å²) in [5.41, 5.74) is 1.41. The molecule has 0 amide bonds. The molecule has 0 aliphatic carbocycles. The van der Waals surface area contributed by atoms with Crippen molar-refractivity contribution in [3.63, 3.8) is 0 Å². The van der Waals surface area contributed by atoms with E-state index in [1.54, 1.807) is 0 Å². The third-order valence-electron chi connectivity index (χ3n) is 2.56. The number of benzene rings is 1. The fourth-order valence-corrected chi connectivity index (χ4v) is 1.80. The Labute approximate surface area is 97.9 Å². The molecule has 1 nitrogen and oxygen atoms in total. The number of hydrogen-bond donors (Lipinski definition) is 2. The van der Waals surface area contributed by atoms with Gasteiger partial charge in [0, 0.05) is 5.75 Å². The molecule has 2 heteroatoms. The molecule has 0 aromatic heterocycles. The zero-order valence-corrected chi connectivity index (χ0v) is 10.00. The predicted octanol–water partition coefficient (Wildman–Crippen LogP) is 3.08. The molecule has 1 aromatic rings. The van der Waals surface area contributed by atoms with E-state index in [2.05, 4.69) is 36.9 Å². The zero-order valence-electron chi connectivity index (χ0n) is 9.10. The second-order valence-electron chi connectivity index (χ2n) is 3.92. The standard InChI is InChI=1S/C13H20OS/c14-13(11-15)10-6-2-5-9-12-7-3-1-4-8-12/h1,3-4,7-8,13-15H,2,5-6,9-11H2. The van der Waals surface area contributed by atoms with Crippen LogP contribution in [0.1, 0.15) is 31.2 Å². The monoisotopic (exact) mass is 224 g/mol. The lowest BCUT2D eigenvalue weighted by molar-refractivity contribution is 0.185. The Morgan fingerprint density at radius 3 is 2.47 bits per heavy atom. The van der Waals surface area contributed by atoms with Gasteiger partial charge in [-0.25, -0.2) is 0 Å². The minimum atomic E-state index is -0.218. The van der Waals surface area contributed by atoms with E-state index in [1.807, 2.05) is 6.07 Å². The van der Waals surface area contributed by atoms with E-state index in [4.69, 9.17) is 0 Å². The van der Waals surface area contributed by atoms with Gasteiger partial charge in [0.15, 0.2) is 0 Å². The average molecular weight is 224 g/mol. The van der Waals surface area contributed by atoms with E-state index >= 15 is 0 Å². The summed E-state index contributed by atoms with van der Waals surface area (Å²) in [6, 6.07) is 10.6. The number of thiol groups is 1. The first-order chi connectivity index (χ1) is 7.33. The summed E-state index contributed by atoms with van der Waals surface area (Å²) in [6.45, 7) is 0. The molecule has 0 aliphatic rings. The van der Waals surface area contributed by atoms with Crippen molar-refractivity contribution in [2.45, 2.75) is 38.2 Å². The van der Waals surface area contributed by atoms with Gasteiger partial charge in [-0.3, -0.25) is 0 Å². The first-order valence-corrected chi connectivity index (χ1v) is 6.29. The largest absolute Gasteiger partial charge is 0.392 e. The number of aryl methyl sites for hydroxylation is 1. The van der Waals surface area contributed by atoms with Crippen LogP contribution in [0.25, 0.3) is 0 Å². The number of unbranched alkanes of at least 4 members (excludes halogenated alkanes) is 2. The first-order valence-electron chi connectivity index (χ1n) is 5.66. The molecule has 0 heterocycles. The fourth-order valence-electron chi connectivity index (χ4n) is 1.62. The highest BCUT2D eigenvalue weighted by molar-refractivity contribution is 7.80. The molecule has 1 atom stereocenters. The molecule has 0 radical (unpaired) electrons. The van der Waals surface area contributed by atoms with Gasteiger partial charge in [0.2, 0.25) is 0 Å². The molecule has 0 bridgehead atoms. The Bertz CT molecular complexity index is 248. The van der Waals surface area contributed by atoms with Gasteiger partial charge < -0.3 is 5.11 Å². The lowest BCUT2D eigenvalue weighted by Gasteiger charge is -2.06. The summed E-state index contributed by atoms with van der Waals surface area (Å²) in [7, 11) is 0. The third-order valence-corrected chi connectivity index (χ3v) is 2.98. The summed E-state index contributed by atoms with van der Waals surface area (Å²) in [5.74, 6) is 0.582. The van der Waals surface area contributed by atoms with Crippen LogP contribution in [0.15, 0.2) is 30.3 Å². The van der Waals surface area contributed by atoms with E-state index in [1.165, 1.54) is 18.4 Å². The maximum absolute atomic E-state index is 9.30. The van der Waals surface area contributed by atoms with E-state index in [-0.39, 0.29) is 6.10 Å². The van der Waals surface area contributed by atoms with Crippen LogP contribution in [0.4, 0.5) is 0 Å². The van der Waals surface area contributed by atoms with Gasteiger partial charge in [0.05, 0.1) is 6.10 Å². The molecule has 0 spiro atoms. The Kier molecular flexibility index (Phi) is 6.53. The van der Waals surface area contributed by atoms with Crippen molar-refractivity contribution < 1.29 is 5.11 Å². The average Bonchev–Trinajstić information content (AvgIpc) is 2.29. The molecular weight excluding hydrogens is 204 g/mol. The molecule has 0 saturated heterocycles. The van der Waals surface area contributed by atoms with Crippen LogP contribution in [-0.2, 0) is 6.42 Å². The summed E-state index contributed by atoms with van der Waals surface area (Å²) < 4.78 is 0. The van der Waals surface area contributed by atoms with Crippen molar-refractivity contribution in [1.82, 2.24) is 0 Å². The molecule has 0 fully saturated rings. The van der Waals surface area contributed by atoms with Crippen LogP contribution in [0.3, 0.4) is 0 Å². The Balaban J connectivity index is 2.03. The van der Waals surface area contributed by atoms with E-state index < -0.39 is 0 Å². The van der Waals surface area contributed by atoms with Crippen molar-refractivity contribution in [1.29, 1.82) is 0 Å². The van der Waals surface area contributed by atoms with Gasteiger partial charge in [-0.05, 0) is 24.8 Å². The molecule has 0 aliphatic heterocycles. The Morgan fingerprint density at radius 2 is 1.80 bits per heavy atom. The van der Waals surface area contributed by atoms with Gasteiger partial charge >= 0.3 is 0 Å². The van der Waals surface area contributed by atoms with Crippen LogP contribution >= 0.6 is 12.6 Å². The number of rotatable bonds is 7. The third kappa shape index (κ3) is 5.85. The SMILES string of the molecule is OC(CS)CCCCCc1ccccc1. The van der Waals surface area contributed by atoms with Crippen LogP contribution < -0.4 is 0 Å². The summed E-state index contributed by atoms with van der Waals surface area (Å²) in [6.07, 6.45) is 5.33. The Hall–Kier alpha value is -0.470. The lowest BCUT2D eigenvalue weighted by Crippen LogP contribution is -2.07. The highest BCUT2D eigenvalue weighted by atomic mass is 32.1. The summed E-state index contributed by atoms with van der Waals surface area (Å²) in [5, 5.41) is 9.30. The normalized spacial score (nSPS) is 12.7. The van der Waals surface area contributed by atoms with Gasteiger partial charge in [0.25, 0.3) is 0 Å². The van der Waals surface area contributed by atoms with Gasteiger partial charge in [-0.15, -0.1) is 0 Å². The molecular formula is C13H20OS. The van der Waals surface area contributed by atoms with Crippen molar-refractivity contribution in [3.8, 4) is 0 Å². The second-order valence-corrected chi connectivity index (χ2v) is 4.29. The van der Waals surface area contributed by atoms with Crippen molar-refractivity contribution in [2.24, 2.45) is 0 Å². The quantitative estimate of drug-likeness (QED) is 0.539. The van der Waals surface area contributed by atoms with Gasteiger partial charge in [-0.1, -0.05) is 43.2 Å². The maximum atomic E-state index is 9.30. The predicted molar refractivity (Wildman–Crippen MR) is 68.5 cm³/mol. The molecule has 1 unspecified atom stereocenters. The molecule has 15 heavy (non-hydrogen) atoms. The number of hydrogen-bond acceptors (Lipinski definition) is 2. The molecule has 84 valence electrons.